The molecule has 2 aromatic rings. The van der Waals surface area contributed by atoms with Crippen LogP contribution in [0.15, 0.2) is 36.0 Å². The van der Waals surface area contributed by atoms with Crippen molar-refractivity contribution in [3.05, 3.63) is 46.4 Å². The second-order valence-electron chi connectivity index (χ2n) is 6.04. The highest BCUT2D eigenvalue weighted by Gasteiger charge is 2.12. The lowest BCUT2D eigenvalue weighted by Crippen LogP contribution is -2.35. The number of nitrogens with zero attached hydrogens (tertiary/aromatic N) is 2. The van der Waals surface area contributed by atoms with E-state index in [1.807, 2.05) is 19.1 Å². The predicted molar refractivity (Wildman–Crippen MR) is 97.1 cm³/mol. The molecule has 0 aliphatic carbocycles. The van der Waals surface area contributed by atoms with E-state index in [2.05, 4.69) is 27.3 Å². The number of hydrogen-bond acceptors (Lipinski definition) is 6. The quantitative estimate of drug-likeness (QED) is 0.819. The lowest BCUT2D eigenvalue weighted by atomic mass is 10.2. The average Bonchev–Trinajstić information content (AvgIpc) is 3.16. The van der Waals surface area contributed by atoms with Crippen molar-refractivity contribution in [2.45, 2.75) is 19.6 Å². The summed E-state index contributed by atoms with van der Waals surface area (Å²) in [4.78, 5) is 18.8. The van der Waals surface area contributed by atoms with Crippen molar-refractivity contribution in [1.82, 2.24) is 15.2 Å². The van der Waals surface area contributed by atoms with Crippen LogP contribution in [0.5, 0.6) is 5.75 Å². The number of ether oxygens (including phenoxy) is 2. The van der Waals surface area contributed by atoms with E-state index >= 15 is 0 Å². The molecule has 3 rings (SSSR count). The Morgan fingerprint density at radius 3 is 3.04 bits per heavy atom. The van der Waals surface area contributed by atoms with Crippen LogP contribution in [0.4, 0.5) is 0 Å². The molecular weight excluding hydrogens is 338 g/mol. The van der Waals surface area contributed by atoms with E-state index in [1.165, 1.54) is 16.9 Å². The van der Waals surface area contributed by atoms with Crippen LogP contribution in [-0.2, 0) is 11.3 Å². The van der Waals surface area contributed by atoms with Crippen LogP contribution in [0.2, 0.25) is 0 Å². The zero-order valence-corrected chi connectivity index (χ0v) is 15.1. The van der Waals surface area contributed by atoms with Gasteiger partial charge >= 0.3 is 0 Å². The topological polar surface area (TPSA) is 63.7 Å². The third-order valence-corrected chi connectivity index (χ3v) is 4.72. The molecule has 1 aliphatic heterocycles. The van der Waals surface area contributed by atoms with Crippen molar-refractivity contribution in [2.24, 2.45) is 0 Å². The Labute approximate surface area is 151 Å². The van der Waals surface area contributed by atoms with E-state index in [4.69, 9.17) is 9.47 Å². The Morgan fingerprint density at radius 1 is 1.44 bits per heavy atom. The first kappa shape index (κ1) is 17.8. The van der Waals surface area contributed by atoms with E-state index in [0.29, 0.717) is 11.4 Å². The van der Waals surface area contributed by atoms with Crippen molar-refractivity contribution < 1.29 is 14.3 Å². The SMILES string of the molecule is CC(CNC(=O)c1cncs1)Oc1cccc(CN2CCOCC2)c1. The summed E-state index contributed by atoms with van der Waals surface area (Å²) < 4.78 is 11.3. The second-order valence-corrected chi connectivity index (χ2v) is 6.93. The molecule has 1 unspecified atom stereocenters. The van der Waals surface area contributed by atoms with Crippen molar-refractivity contribution in [1.29, 1.82) is 0 Å². The van der Waals surface area contributed by atoms with Crippen molar-refractivity contribution >= 4 is 17.2 Å². The van der Waals surface area contributed by atoms with Crippen LogP contribution in [0, 0.1) is 0 Å². The summed E-state index contributed by atoms with van der Waals surface area (Å²) in [5, 5.41) is 2.87. The molecule has 0 spiro atoms. The Balaban J connectivity index is 1.48. The summed E-state index contributed by atoms with van der Waals surface area (Å²) in [5.41, 5.74) is 2.87. The summed E-state index contributed by atoms with van der Waals surface area (Å²) in [5.74, 6) is 0.712. The minimum absolute atomic E-state index is 0.112. The third kappa shape index (κ3) is 5.52. The monoisotopic (exact) mass is 361 g/mol. The number of amides is 1. The number of carbonyl (C=O) groups excluding carboxylic acids is 1. The fraction of sp³-hybridized carbons (Fsp3) is 0.444. The molecule has 1 fully saturated rings. The van der Waals surface area contributed by atoms with Gasteiger partial charge in [0.15, 0.2) is 0 Å². The summed E-state index contributed by atoms with van der Waals surface area (Å²) in [6.07, 6.45) is 1.45. The van der Waals surface area contributed by atoms with Gasteiger partial charge in [-0.15, -0.1) is 11.3 Å². The lowest BCUT2D eigenvalue weighted by Gasteiger charge is -2.26. The zero-order chi connectivity index (χ0) is 17.5. The molecule has 7 heteroatoms. The molecule has 0 radical (unpaired) electrons. The standard InChI is InChI=1S/C18H23N3O3S/c1-14(10-20-18(22)17-11-19-13-25-17)24-16-4-2-3-15(9-16)12-21-5-7-23-8-6-21/h2-4,9,11,13-14H,5-8,10,12H2,1H3,(H,20,22). The van der Waals surface area contributed by atoms with Gasteiger partial charge in [-0.3, -0.25) is 14.7 Å². The summed E-state index contributed by atoms with van der Waals surface area (Å²) >= 11 is 1.33. The van der Waals surface area contributed by atoms with Crippen molar-refractivity contribution in [3.63, 3.8) is 0 Å². The van der Waals surface area contributed by atoms with Crippen LogP contribution in [0.25, 0.3) is 0 Å². The van der Waals surface area contributed by atoms with Gasteiger partial charge in [0.05, 0.1) is 31.5 Å². The molecule has 0 saturated carbocycles. The summed E-state index contributed by atoms with van der Waals surface area (Å²) in [6.45, 7) is 6.82. The Morgan fingerprint density at radius 2 is 2.28 bits per heavy atom. The number of carbonyl (C=O) groups is 1. The molecule has 134 valence electrons. The molecule has 0 bridgehead atoms. The predicted octanol–water partition coefficient (Wildman–Crippen LogP) is 2.17. The zero-order valence-electron chi connectivity index (χ0n) is 14.3. The van der Waals surface area contributed by atoms with Crippen molar-refractivity contribution in [3.8, 4) is 5.75 Å². The van der Waals surface area contributed by atoms with Gasteiger partial charge in [0.2, 0.25) is 0 Å². The molecule has 1 amide bonds. The number of hydrogen-bond donors (Lipinski definition) is 1. The molecule has 1 N–H and O–H groups in total. The summed E-state index contributed by atoms with van der Waals surface area (Å²) in [7, 11) is 0. The Bertz CT molecular complexity index is 672. The maximum atomic E-state index is 11.9. The average molecular weight is 361 g/mol. The first-order valence-electron chi connectivity index (χ1n) is 8.43. The van der Waals surface area contributed by atoms with Crippen molar-refractivity contribution in [2.75, 3.05) is 32.8 Å². The highest BCUT2D eigenvalue weighted by Crippen LogP contribution is 2.17. The van der Waals surface area contributed by atoms with E-state index in [1.54, 1.807) is 11.7 Å². The number of benzene rings is 1. The first-order valence-corrected chi connectivity index (χ1v) is 9.31. The van der Waals surface area contributed by atoms with Gasteiger partial charge in [-0.1, -0.05) is 12.1 Å². The Hall–Kier alpha value is -1.96. The van der Waals surface area contributed by atoms with Gasteiger partial charge in [-0.25, -0.2) is 0 Å². The number of rotatable bonds is 7. The summed E-state index contributed by atoms with van der Waals surface area (Å²) in [6, 6.07) is 8.13. The second kappa shape index (κ2) is 8.94. The van der Waals surface area contributed by atoms with Gasteiger partial charge in [-0.05, 0) is 24.6 Å². The molecule has 25 heavy (non-hydrogen) atoms. The van der Waals surface area contributed by atoms with Crippen LogP contribution in [0.1, 0.15) is 22.2 Å². The number of thiazole rings is 1. The molecular formula is C18H23N3O3S. The molecule has 1 saturated heterocycles. The van der Waals surface area contributed by atoms with Gasteiger partial charge in [-0.2, -0.15) is 0 Å². The maximum Gasteiger partial charge on any atom is 0.263 e. The minimum Gasteiger partial charge on any atom is -0.489 e. The van der Waals surface area contributed by atoms with E-state index in [9.17, 15) is 4.79 Å². The fourth-order valence-electron chi connectivity index (χ4n) is 2.66. The first-order chi connectivity index (χ1) is 12.2. The minimum atomic E-state index is -0.115. The highest BCUT2D eigenvalue weighted by molar-refractivity contribution is 7.11. The van der Waals surface area contributed by atoms with Gasteiger partial charge in [0.25, 0.3) is 5.91 Å². The van der Waals surface area contributed by atoms with Crippen LogP contribution < -0.4 is 10.1 Å². The van der Waals surface area contributed by atoms with E-state index in [0.717, 1.165) is 38.6 Å². The fourth-order valence-corrected chi connectivity index (χ4v) is 3.20. The normalized spacial score (nSPS) is 16.4. The molecule has 1 atom stereocenters. The lowest BCUT2D eigenvalue weighted by molar-refractivity contribution is 0.0341. The largest absolute Gasteiger partial charge is 0.489 e. The molecule has 1 aromatic carbocycles. The molecule has 6 nitrogen and oxygen atoms in total. The number of nitrogens with one attached hydrogen (secondary N) is 1. The molecule has 1 aliphatic rings. The van der Waals surface area contributed by atoms with Gasteiger partial charge in [0, 0.05) is 19.6 Å². The van der Waals surface area contributed by atoms with Crippen LogP contribution >= 0.6 is 11.3 Å². The Kier molecular flexibility index (Phi) is 6.38. The van der Waals surface area contributed by atoms with Crippen LogP contribution in [-0.4, -0.2) is 54.7 Å². The number of aromatic nitrogens is 1. The van der Waals surface area contributed by atoms with Crippen LogP contribution in [0.3, 0.4) is 0 Å². The van der Waals surface area contributed by atoms with Gasteiger partial charge < -0.3 is 14.8 Å². The third-order valence-electron chi connectivity index (χ3n) is 3.95. The van der Waals surface area contributed by atoms with Gasteiger partial charge in [0.1, 0.15) is 16.7 Å². The molecule has 2 heterocycles. The highest BCUT2D eigenvalue weighted by atomic mass is 32.1. The number of morpholine rings is 1. The van der Waals surface area contributed by atoms with E-state index < -0.39 is 0 Å². The van der Waals surface area contributed by atoms with E-state index in [-0.39, 0.29) is 12.0 Å². The maximum absolute atomic E-state index is 11.9. The smallest absolute Gasteiger partial charge is 0.263 e. The molecule has 1 aromatic heterocycles.